The first-order valence-corrected chi connectivity index (χ1v) is 8.76. The van der Waals surface area contributed by atoms with E-state index in [9.17, 15) is 18.8 Å². The van der Waals surface area contributed by atoms with E-state index in [2.05, 4.69) is 10.1 Å². The molecule has 2 aromatic rings. The molecule has 0 atom stereocenters. The van der Waals surface area contributed by atoms with E-state index in [4.69, 9.17) is 9.47 Å². The molecule has 0 aromatic heterocycles. The Balaban J connectivity index is 1.81. The molecule has 1 amide bonds. The number of hydrogen-bond donors (Lipinski definition) is 1. The number of rotatable bonds is 5. The average molecular weight is 400 g/mol. The van der Waals surface area contributed by atoms with Crippen LogP contribution in [0.4, 0.5) is 14.5 Å². The standard InChI is InChI=1S/C21H18F2N2O4/c1-12-7-14(8-13(2)19(12)29-21(22)23)9-15(11-24)20(26)25-16-3-4-17-18(10-16)28-6-5-27-17/h3-4,7-10,21H,5-6H2,1-2H3,(H,25,26)/b15-9+. The molecule has 0 fully saturated rings. The molecule has 8 heteroatoms. The van der Waals surface area contributed by atoms with Gasteiger partial charge in [0, 0.05) is 11.8 Å². The number of carbonyl (C=O) groups is 1. The second kappa shape index (κ2) is 8.61. The number of anilines is 1. The number of alkyl halides is 2. The highest BCUT2D eigenvalue weighted by molar-refractivity contribution is 6.09. The monoisotopic (exact) mass is 400 g/mol. The van der Waals surface area contributed by atoms with Gasteiger partial charge in [-0.25, -0.2) is 0 Å². The predicted molar refractivity (Wildman–Crippen MR) is 102 cm³/mol. The van der Waals surface area contributed by atoms with Gasteiger partial charge in [0.15, 0.2) is 11.5 Å². The minimum Gasteiger partial charge on any atom is -0.486 e. The van der Waals surface area contributed by atoms with E-state index in [-0.39, 0.29) is 11.3 Å². The zero-order valence-corrected chi connectivity index (χ0v) is 15.8. The summed E-state index contributed by atoms with van der Waals surface area (Å²) in [6, 6.07) is 9.93. The smallest absolute Gasteiger partial charge is 0.387 e. The lowest BCUT2D eigenvalue weighted by Gasteiger charge is -2.19. The average Bonchev–Trinajstić information content (AvgIpc) is 2.68. The molecule has 2 aromatic carbocycles. The van der Waals surface area contributed by atoms with E-state index < -0.39 is 12.5 Å². The third kappa shape index (κ3) is 4.82. The number of halogens is 2. The summed E-state index contributed by atoms with van der Waals surface area (Å²) in [6.45, 7) is 1.17. The topological polar surface area (TPSA) is 80.6 Å². The van der Waals surface area contributed by atoms with Gasteiger partial charge in [-0.1, -0.05) is 0 Å². The van der Waals surface area contributed by atoms with Crippen LogP contribution in [0.1, 0.15) is 16.7 Å². The van der Waals surface area contributed by atoms with E-state index in [1.807, 2.05) is 6.07 Å². The molecule has 0 bridgehead atoms. The Morgan fingerprint density at radius 1 is 1.17 bits per heavy atom. The van der Waals surface area contributed by atoms with Crippen LogP contribution < -0.4 is 19.5 Å². The van der Waals surface area contributed by atoms with Crippen molar-refractivity contribution in [2.24, 2.45) is 0 Å². The molecule has 0 unspecified atom stereocenters. The van der Waals surface area contributed by atoms with Crippen molar-refractivity contribution in [3.05, 3.63) is 52.6 Å². The molecule has 1 aliphatic rings. The number of nitrogens with one attached hydrogen (secondary N) is 1. The van der Waals surface area contributed by atoms with Crippen LogP contribution in [0.5, 0.6) is 17.2 Å². The van der Waals surface area contributed by atoms with E-state index in [1.54, 1.807) is 44.2 Å². The van der Waals surface area contributed by atoms with Crippen LogP contribution in [-0.2, 0) is 4.79 Å². The summed E-state index contributed by atoms with van der Waals surface area (Å²) < 4.78 is 40.4. The Morgan fingerprint density at radius 2 is 1.83 bits per heavy atom. The highest BCUT2D eigenvalue weighted by Gasteiger charge is 2.16. The third-order valence-electron chi connectivity index (χ3n) is 4.17. The first-order chi connectivity index (χ1) is 13.9. The fourth-order valence-electron chi connectivity index (χ4n) is 2.98. The van der Waals surface area contributed by atoms with Crippen LogP contribution in [0.2, 0.25) is 0 Å². The maximum Gasteiger partial charge on any atom is 0.387 e. The summed E-state index contributed by atoms with van der Waals surface area (Å²) in [6.07, 6.45) is 1.39. The number of nitrogens with zero attached hydrogens (tertiary/aromatic N) is 1. The van der Waals surface area contributed by atoms with Crippen LogP contribution >= 0.6 is 0 Å². The maximum absolute atomic E-state index is 12.5. The number of hydrogen-bond acceptors (Lipinski definition) is 5. The highest BCUT2D eigenvalue weighted by atomic mass is 19.3. The number of amides is 1. The first kappa shape index (κ1) is 20.1. The molecule has 0 aliphatic carbocycles. The van der Waals surface area contributed by atoms with Gasteiger partial charge in [-0.3, -0.25) is 4.79 Å². The highest BCUT2D eigenvalue weighted by Crippen LogP contribution is 2.33. The first-order valence-electron chi connectivity index (χ1n) is 8.76. The summed E-state index contributed by atoms with van der Waals surface area (Å²) in [5, 5.41) is 12.0. The molecular weight excluding hydrogens is 382 g/mol. The fourth-order valence-corrected chi connectivity index (χ4v) is 2.98. The Kier molecular flexibility index (Phi) is 5.98. The SMILES string of the molecule is Cc1cc(/C=C(\C#N)C(=O)Nc2ccc3c(c2)OCCO3)cc(C)c1OC(F)F. The molecule has 3 rings (SSSR count). The summed E-state index contributed by atoms with van der Waals surface area (Å²) >= 11 is 0. The van der Waals surface area contributed by atoms with Crippen LogP contribution in [0.25, 0.3) is 6.08 Å². The molecule has 1 aliphatic heterocycles. The van der Waals surface area contributed by atoms with Gasteiger partial charge in [0.25, 0.3) is 5.91 Å². The van der Waals surface area contributed by atoms with Gasteiger partial charge in [-0.2, -0.15) is 14.0 Å². The van der Waals surface area contributed by atoms with Gasteiger partial charge >= 0.3 is 6.61 Å². The quantitative estimate of drug-likeness (QED) is 0.600. The zero-order chi connectivity index (χ0) is 21.0. The summed E-state index contributed by atoms with van der Waals surface area (Å²) in [7, 11) is 0. The number of benzene rings is 2. The molecule has 150 valence electrons. The summed E-state index contributed by atoms with van der Waals surface area (Å²) in [5.41, 5.74) is 1.78. The number of aryl methyl sites for hydroxylation is 2. The minimum atomic E-state index is -2.93. The molecule has 6 nitrogen and oxygen atoms in total. The molecule has 0 radical (unpaired) electrons. The van der Waals surface area contributed by atoms with E-state index in [0.29, 0.717) is 47.1 Å². The lowest BCUT2D eigenvalue weighted by atomic mass is 10.0. The normalized spacial score (nSPS) is 13.0. The van der Waals surface area contributed by atoms with Gasteiger partial charge in [-0.15, -0.1) is 0 Å². The Hall–Kier alpha value is -3.60. The van der Waals surface area contributed by atoms with Crippen LogP contribution in [0.15, 0.2) is 35.9 Å². The van der Waals surface area contributed by atoms with Crippen molar-refractivity contribution in [3.8, 4) is 23.3 Å². The van der Waals surface area contributed by atoms with Crippen molar-refractivity contribution in [3.63, 3.8) is 0 Å². The Labute approximate surface area is 166 Å². The molecule has 0 saturated carbocycles. The van der Waals surface area contributed by atoms with Crippen molar-refractivity contribution >= 4 is 17.7 Å². The Morgan fingerprint density at radius 3 is 2.45 bits per heavy atom. The van der Waals surface area contributed by atoms with Crippen LogP contribution in [0.3, 0.4) is 0 Å². The second-order valence-electron chi connectivity index (χ2n) is 6.34. The van der Waals surface area contributed by atoms with Crippen molar-refractivity contribution in [2.75, 3.05) is 18.5 Å². The number of fused-ring (bicyclic) bond motifs is 1. The summed E-state index contributed by atoms with van der Waals surface area (Å²) in [4.78, 5) is 12.5. The largest absolute Gasteiger partial charge is 0.486 e. The lowest BCUT2D eigenvalue weighted by molar-refractivity contribution is -0.112. The van der Waals surface area contributed by atoms with Gasteiger partial charge < -0.3 is 19.5 Å². The van der Waals surface area contributed by atoms with Gasteiger partial charge in [0.05, 0.1) is 0 Å². The lowest BCUT2D eigenvalue weighted by Crippen LogP contribution is -2.17. The third-order valence-corrected chi connectivity index (χ3v) is 4.17. The predicted octanol–water partition coefficient (Wildman–Crippen LogP) is 4.22. The molecule has 1 heterocycles. The molecule has 1 N–H and O–H groups in total. The van der Waals surface area contributed by atoms with E-state index in [0.717, 1.165) is 0 Å². The fraction of sp³-hybridized carbons (Fsp3) is 0.238. The molecule has 0 spiro atoms. The van der Waals surface area contributed by atoms with Gasteiger partial charge in [-0.05, 0) is 60.9 Å². The van der Waals surface area contributed by atoms with E-state index in [1.165, 1.54) is 6.08 Å². The van der Waals surface area contributed by atoms with Crippen molar-refractivity contribution in [1.82, 2.24) is 0 Å². The number of carbonyl (C=O) groups excluding carboxylic acids is 1. The number of ether oxygens (including phenoxy) is 3. The van der Waals surface area contributed by atoms with Gasteiger partial charge in [0.1, 0.15) is 30.6 Å². The molecule has 0 saturated heterocycles. The minimum absolute atomic E-state index is 0.0800. The van der Waals surface area contributed by atoms with Crippen LogP contribution in [-0.4, -0.2) is 25.7 Å². The Bertz CT molecular complexity index is 989. The second-order valence-corrected chi connectivity index (χ2v) is 6.34. The van der Waals surface area contributed by atoms with Gasteiger partial charge in [0.2, 0.25) is 0 Å². The molecule has 29 heavy (non-hydrogen) atoms. The van der Waals surface area contributed by atoms with Crippen molar-refractivity contribution < 1.29 is 27.8 Å². The van der Waals surface area contributed by atoms with E-state index >= 15 is 0 Å². The van der Waals surface area contributed by atoms with Crippen molar-refractivity contribution in [1.29, 1.82) is 5.26 Å². The van der Waals surface area contributed by atoms with Crippen LogP contribution in [0, 0.1) is 25.2 Å². The zero-order valence-electron chi connectivity index (χ0n) is 15.8. The summed E-state index contributed by atoms with van der Waals surface area (Å²) in [5.74, 6) is 0.573. The molecular formula is C21H18F2N2O4. The number of nitriles is 1. The maximum atomic E-state index is 12.5. The van der Waals surface area contributed by atoms with Crippen molar-refractivity contribution in [2.45, 2.75) is 20.5 Å².